The van der Waals surface area contributed by atoms with E-state index in [-0.39, 0.29) is 0 Å². The van der Waals surface area contributed by atoms with E-state index in [4.69, 9.17) is 36.4 Å². The van der Waals surface area contributed by atoms with Gasteiger partial charge in [0.05, 0.1) is 31.9 Å². The quantitative estimate of drug-likeness (QED) is 0.215. The van der Waals surface area contributed by atoms with Gasteiger partial charge < -0.3 is 42.1 Å². The van der Waals surface area contributed by atoms with Crippen molar-refractivity contribution in [3.8, 4) is 0 Å². The summed E-state index contributed by atoms with van der Waals surface area (Å²) in [7, 11) is 0. The molecule has 0 atom stereocenters. The van der Waals surface area contributed by atoms with Crippen LogP contribution in [0.4, 0.5) is 0 Å². The highest BCUT2D eigenvalue weighted by Crippen LogP contribution is 1.93. The first-order chi connectivity index (χ1) is 6.24. The molecule has 14 heavy (non-hydrogen) atoms. The molecule has 0 bridgehead atoms. The molecule has 0 spiro atoms. The average Bonchev–Trinajstić information content (AvgIpc) is 2.16. The van der Waals surface area contributed by atoms with E-state index in [0.717, 1.165) is 0 Å². The lowest BCUT2D eigenvalue weighted by atomic mass is 10.1. The zero-order valence-corrected chi connectivity index (χ0v) is 7.67. The molecule has 0 heterocycles. The molecule has 8 nitrogen and oxygen atoms in total. The van der Waals surface area contributed by atoms with E-state index in [1.54, 1.807) is 0 Å². The molecule has 88 valence electrons. The lowest BCUT2D eigenvalue weighted by molar-refractivity contribution is -0.302. The molecule has 0 aromatic rings. The number of nitrogens with two attached hydrogens (primary N) is 2. The van der Waals surface area contributed by atoms with Crippen LogP contribution in [-0.2, 0) is 0 Å². The van der Waals surface area contributed by atoms with E-state index in [0.29, 0.717) is 0 Å². The maximum Gasteiger partial charge on any atom is 0.288 e. The summed E-state index contributed by atoms with van der Waals surface area (Å²) >= 11 is 0. The SMILES string of the molecule is NC(CO)(CO)CO.NCC(O)(O)O. The van der Waals surface area contributed by atoms with Crippen LogP contribution in [-0.4, -0.2) is 68.5 Å². The Balaban J connectivity index is 0. The van der Waals surface area contributed by atoms with Crippen LogP contribution in [0.1, 0.15) is 0 Å². The van der Waals surface area contributed by atoms with E-state index in [2.05, 4.69) is 5.73 Å². The zero-order valence-electron chi connectivity index (χ0n) is 7.67. The molecule has 10 N–H and O–H groups in total. The predicted octanol–water partition coefficient (Wildman–Crippen LogP) is -4.76. The molecule has 0 amide bonds. The maximum absolute atomic E-state index is 8.34. The number of rotatable bonds is 4. The van der Waals surface area contributed by atoms with Gasteiger partial charge in [0.2, 0.25) is 0 Å². The van der Waals surface area contributed by atoms with Crippen LogP contribution in [0.5, 0.6) is 0 Å². The largest absolute Gasteiger partial charge is 0.394 e. The third-order valence-corrected chi connectivity index (χ3v) is 1.22. The molecule has 0 fully saturated rings. The summed E-state index contributed by atoms with van der Waals surface area (Å²) in [5.74, 6) is -2.68. The van der Waals surface area contributed by atoms with Gasteiger partial charge >= 0.3 is 0 Å². The van der Waals surface area contributed by atoms with E-state index < -0.39 is 37.9 Å². The normalized spacial score (nSPS) is 12.0. The smallest absolute Gasteiger partial charge is 0.288 e. The Morgan fingerprint density at radius 2 is 1.07 bits per heavy atom. The summed E-state index contributed by atoms with van der Waals surface area (Å²) in [6.45, 7) is -1.77. The number of hydrogen-bond acceptors (Lipinski definition) is 8. The first kappa shape index (κ1) is 16.1. The summed E-state index contributed by atoms with van der Waals surface area (Å²) in [6, 6.07) is 0. The van der Waals surface area contributed by atoms with Crippen molar-refractivity contribution < 1.29 is 30.6 Å². The second-order valence-electron chi connectivity index (χ2n) is 2.82. The highest BCUT2D eigenvalue weighted by molar-refractivity contribution is 4.80. The van der Waals surface area contributed by atoms with Crippen molar-refractivity contribution in [1.82, 2.24) is 0 Å². The first-order valence-corrected chi connectivity index (χ1v) is 3.73. The fraction of sp³-hybridized carbons (Fsp3) is 1.00. The van der Waals surface area contributed by atoms with Crippen molar-refractivity contribution in [2.75, 3.05) is 26.4 Å². The predicted molar refractivity (Wildman–Crippen MR) is 46.6 cm³/mol. The minimum absolute atomic E-state index is 0.403. The van der Waals surface area contributed by atoms with Crippen molar-refractivity contribution in [3.63, 3.8) is 0 Å². The van der Waals surface area contributed by atoms with Crippen molar-refractivity contribution >= 4 is 0 Å². The zero-order chi connectivity index (χ0) is 11.8. The van der Waals surface area contributed by atoms with Crippen LogP contribution in [0.3, 0.4) is 0 Å². The minimum atomic E-state index is -2.68. The summed E-state index contributed by atoms with van der Waals surface area (Å²) in [4.78, 5) is 0. The van der Waals surface area contributed by atoms with Crippen LogP contribution in [0.2, 0.25) is 0 Å². The maximum atomic E-state index is 8.34. The Labute approximate surface area is 81.0 Å². The minimum Gasteiger partial charge on any atom is -0.394 e. The Morgan fingerprint density at radius 1 is 0.857 bits per heavy atom. The standard InChI is InChI=1S/C4H11NO3.C2H7NO3/c5-4(1-6,2-7)3-8;3-1-2(4,5)6/h6-8H,1-3,5H2;4-6H,1,3H2. The Kier molecular flexibility index (Phi) is 8.10. The molecule has 0 unspecified atom stereocenters. The Morgan fingerprint density at radius 3 is 1.07 bits per heavy atom. The van der Waals surface area contributed by atoms with Crippen LogP contribution >= 0.6 is 0 Å². The van der Waals surface area contributed by atoms with Crippen molar-refractivity contribution in [2.24, 2.45) is 11.5 Å². The molecule has 0 aliphatic rings. The first-order valence-electron chi connectivity index (χ1n) is 3.73. The van der Waals surface area contributed by atoms with Crippen molar-refractivity contribution in [1.29, 1.82) is 0 Å². The van der Waals surface area contributed by atoms with E-state index in [1.807, 2.05) is 0 Å². The Bertz CT molecular complexity index is 125. The van der Waals surface area contributed by atoms with Gasteiger partial charge in [-0.1, -0.05) is 0 Å². The van der Waals surface area contributed by atoms with Crippen LogP contribution in [0.25, 0.3) is 0 Å². The molecular formula is C6H18N2O6. The second kappa shape index (κ2) is 7.04. The number of aliphatic hydroxyl groups is 6. The average molecular weight is 214 g/mol. The third-order valence-electron chi connectivity index (χ3n) is 1.22. The Hall–Kier alpha value is -0.320. The lowest BCUT2D eigenvalue weighted by Gasteiger charge is -2.20. The van der Waals surface area contributed by atoms with Gasteiger partial charge in [-0.3, -0.25) is 0 Å². The molecule has 0 aromatic carbocycles. The summed E-state index contributed by atoms with van der Waals surface area (Å²) < 4.78 is 0. The molecule has 0 rings (SSSR count). The van der Waals surface area contributed by atoms with Gasteiger partial charge in [0.1, 0.15) is 0 Å². The van der Waals surface area contributed by atoms with Crippen LogP contribution in [0, 0.1) is 0 Å². The number of hydrogen-bond donors (Lipinski definition) is 8. The fourth-order valence-electron chi connectivity index (χ4n) is 0.150. The topological polar surface area (TPSA) is 173 Å². The fourth-order valence-corrected chi connectivity index (χ4v) is 0.150. The van der Waals surface area contributed by atoms with Gasteiger partial charge in [-0.2, -0.15) is 0 Å². The molecule has 8 heteroatoms. The lowest BCUT2D eigenvalue weighted by Crippen LogP contribution is -2.50. The van der Waals surface area contributed by atoms with Crippen LogP contribution in [0.15, 0.2) is 0 Å². The van der Waals surface area contributed by atoms with Crippen molar-refractivity contribution in [2.45, 2.75) is 11.5 Å². The van der Waals surface area contributed by atoms with Gasteiger partial charge in [-0.25, -0.2) is 0 Å². The molecule has 0 aliphatic carbocycles. The van der Waals surface area contributed by atoms with E-state index in [9.17, 15) is 0 Å². The second-order valence-corrected chi connectivity index (χ2v) is 2.82. The monoisotopic (exact) mass is 214 g/mol. The van der Waals surface area contributed by atoms with Gasteiger partial charge in [-0.05, 0) is 0 Å². The van der Waals surface area contributed by atoms with E-state index >= 15 is 0 Å². The van der Waals surface area contributed by atoms with Gasteiger partial charge in [-0.15, -0.1) is 0 Å². The highest BCUT2D eigenvalue weighted by Gasteiger charge is 2.20. The van der Waals surface area contributed by atoms with Crippen molar-refractivity contribution in [3.05, 3.63) is 0 Å². The molecular weight excluding hydrogens is 196 g/mol. The molecule has 0 aliphatic heterocycles. The molecule has 0 saturated heterocycles. The third kappa shape index (κ3) is 9.77. The van der Waals surface area contributed by atoms with Gasteiger partial charge in [0, 0.05) is 0 Å². The molecule has 0 aromatic heterocycles. The molecule has 0 radical (unpaired) electrons. The summed E-state index contributed by atoms with van der Waals surface area (Å²) in [5.41, 5.74) is 8.49. The van der Waals surface area contributed by atoms with Crippen LogP contribution < -0.4 is 11.5 Å². The van der Waals surface area contributed by atoms with E-state index in [1.165, 1.54) is 0 Å². The molecule has 0 saturated carbocycles. The highest BCUT2D eigenvalue weighted by atomic mass is 16.7. The summed E-state index contributed by atoms with van der Waals surface area (Å²) in [5, 5.41) is 48.5. The van der Waals surface area contributed by atoms with Gasteiger partial charge in [0.25, 0.3) is 5.97 Å². The summed E-state index contributed by atoms with van der Waals surface area (Å²) in [6.07, 6.45) is 0. The van der Waals surface area contributed by atoms with Gasteiger partial charge in [0.15, 0.2) is 0 Å². The number of aliphatic hydroxyl groups excluding tert-OH is 3.